The van der Waals surface area contributed by atoms with Gasteiger partial charge in [-0.3, -0.25) is 19.2 Å². The van der Waals surface area contributed by atoms with E-state index in [1.165, 1.54) is 31.4 Å². The fraction of sp³-hybridized carbons (Fsp3) is 0.628. The van der Waals surface area contributed by atoms with E-state index in [0.717, 1.165) is 0 Å². The summed E-state index contributed by atoms with van der Waals surface area (Å²) in [6.45, 7) is 8.73. The number of benzene rings is 2. The van der Waals surface area contributed by atoms with Crippen LogP contribution in [0.25, 0.3) is 0 Å². The van der Waals surface area contributed by atoms with Crippen LogP contribution >= 0.6 is 0 Å². The van der Waals surface area contributed by atoms with Crippen molar-refractivity contribution >= 4 is 23.3 Å². The summed E-state index contributed by atoms with van der Waals surface area (Å²) in [7, 11) is 4.92. The van der Waals surface area contributed by atoms with Crippen molar-refractivity contribution in [1.82, 2.24) is 4.90 Å². The van der Waals surface area contributed by atoms with E-state index in [9.17, 15) is 39.6 Å². The monoisotopic (exact) mass is 825 g/mol. The van der Waals surface area contributed by atoms with Crippen LogP contribution in [0.15, 0.2) is 24.3 Å². The van der Waals surface area contributed by atoms with Crippen molar-refractivity contribution in [1.29, 1.82) is 0 Å². The Bertz CT molecular complexity index is 1970. The van der Waals surface area contributed by atoms with Crippen LogP contribution < -0.4 is 0 Å². The number of Topliss-reactive ketones (excluding diaryl/α,β-unsaturated/α-hetero) is 1. The number of nitrogens with zero attached hydrogens (tertiary/aromatic N) is 1. The average Bonchev–Trinajstić information content (AvgIpc) is 3.16. The first-order valence-electron chi connectivity index (χ1n) is 20.3. The first kappa shape index (κ1) is 43.3. The van der Waals surface area contributed by atoms with Crippen molar-refractivity contribution in [3.05, 3.63) is 57.6 Å². The molecule has 0 radical (unpaired) electrons. The zero-order valence-electron chi connectivity index (χ0n) is 34.6. The van der Waals surface area contributed by atoms with Gasteiger partial charge in [0.1, 0.15) is 35.7 Å². The molecule has 4 N–H and O–H groups in total. The van der Waals surface area contributed by atoms with E-state index < -0.39 is 108 Å². The number of rotatable bonds is 9. The number of aliphatic hydroxyl groups is 2. The molecule has 7 rings (SSSR count). The van der Waals surface area contributed by atoms with Gasteiger partial charge in [0.25, 0.3) is 0 Å². The van der Waals surface area contributed by atoms with E-state index in [2.05, 4.69) is 0 Å². The molecule has 0 amide bonds. The van der Waals surface area contributed by atoms with Crippen LogP contribution in [0.2, 0.25) is 0 Å². The Balaban J connectivity index is 1.15. The average molecular weight is 826 g/mol. The number of esters is 1. The highest BCUT2D eigenvalue weighted by atomic mass is 16.7. The second kappa shape index (κ2) is 16.6. The first-order chi connectivity index (χ1) is 27.9. The summed E-state index contributed by atoms with van der Waals surface area (Å²) in [5.74, 6) is -5.18. The Morgan fingerprint density at radius 2 is 1.54 bits per heavy atom. The summed E-state index contributed by atoms with van der Waals surface area (Å²) >= 11 is 0. The Labute approximate surface area is 342 Å². The highest BCUT2D eigenvalue weighted by Crippen LogP contribution is 2.55. The molecule has 0 saturated carbocycles. The largest absolute Gasteiger partial charge is 0.507 e. The highest BCUT2D eigenvalue weighted by molar-refractivity contribution is 6.30. The van der Waals surface area contributed by atoms with Gasteiger partial charge in [-0.25, -0.2) is 0 Å². The zero-order valence-corrected chi connectivity index (χ0v) is 34.6. The maximum Gasteiger partial charge on any atom is 0.316 e. The molecule has 16 heteroatoms. The molecule has 16 nitrogen and oxygen atoms in total. The van der Waals surface area contributed by atoms with Crippen molar-refractivity contribution in [3.8, 4) is 11.5 Å². The SMILES string of the molecule is COC(=O)[C@@H]1c2cc3c(c(O)c2[C@@H](O[C@H]2C[C@@H](N(C)C)[C@@H](O[C@H]4C[C@@H](O)[C@@H](O[C@@H]5CCC(=O)[C@@H](C)O5)[C@H](C)O4)[C@H](C)O2)C[C@]1(O)C(C)C)C(=O)c1c(O)cccc1C3=O. The number of ketones is 3. The van der Waals surface area contributed by atoms with Gasteiger partial charge in [-0.1, -0.05) is 26.0 Å². The van der Waals surface area contributed by atoms with Crippen LogP contribution in [0.3, 0.4) is 0 Å². The van der Waals surface area contributed by atoms with E-state index in [1.54, 1.807) is 27.7 Å². The fourth-order valence-corrected chi connectivity index (χ4v) is 9.43. The molecule has 2 aromatic carbocycles. The molecule has 2 aliphatic carbocycles. The van der Waals surface area contributed by atoms with Crippen molar-refractivity contribution < 1.29 is 72.8 Å². The Morgan fingerprint density at radius 1 is 0.881 bits per heavy atom. The van der Waals surface area contributed by atoms with E-state index >= 15 is 0 Å². The molecule has 0 bridgehead atoms. The van der Waals surface area contributed by atoms with Gasteiger partial charge in [-0.15, -0.1) is 0 Å². The number of ether oxygens (including phenoxy) is 7. The van der Waals surface area contributed by atoms with Gasteiger partial charge < -0.3 is 58.5 Å². The number of fused-ring (bicyclic) bond motifs is 3. The summed E-state index contributed by atoms with van der Waals surface area (Å²) < 4.78 is 42.8. The van der Waals surface area contributed by atoms with Gasteiger partial charge in [0.2, 0.25) is 5.78 Å². The van der Waals surface area contributed by atoms with E-state index in [4.69, 9.17) is 33.2 Å². The van der Waals surface area contributed by atoms with Gasteiger partial charge in [0, 0.05) is 54.8 Å². The van der Waals surface area contributed by atoms with Crippen LogP contribution in [0.5, 0.6) is 11.5 Å². The normalized spacial score (nSPS) is 36.0. The van der Waals surface area contributed by atoms with Crippen LogP contribution in [-0.4, -0.2) is 137 Å². The molecular formula is C43H55NO15. The predicted octanol–water partition coefficient (Wildman–Crippen LogP) is 3.40. The molecule has 0 spiro atoms. The van der Waals surface area contributed by atoms with E-state index in [0.29, 0.717) is 12.8 Å². The summed E-state index contributed by atoms with van der Waals surface area (Å²) in [6.07, 6.45) is -6.78. The maximum atomic E-state index is 14.0. The lowest BCUT2D eigenvalue weighted by atomic mass is 9.64. The Kier molecular flexibility index (Phi) is 12.1. The maximum absolute atomic E-state index is 14.0. The Morgan fingerprint density at radius 3 is 2.17 bits per heavy atom. The van der Waals surface area contributed by atoms with Crippen LogP contribution in [0, 0.1) is 5.92 Å². The molecule has 3 fully saturated rings. The molecule has 322 valence electrons. The lowest BCUT2D eigenvalue weighted by Crippen LogP contribution is -2.58. The molecule has 59 heavy (non-hydrogen) atoms. The van der Waals surface area contributed by atoms with Crippen molar-refractivity contribution in [2.45, 2.75) is 146 Å². The number of phenolic OH excluding ortho intramolecular Hbond substituents is 2. The molecule has 3 aliphatic heterocycles. The van der Waals surface area contributed by atoms with Crippen LogP contribution in [-0.2, 0) is 42.7 Å². The van der Waals surface area contributed by atoms with Gasteiger partial charge in [0.15, 0.2) is 30.4 Å². The number of methoxy groups -OCH3 is 1. The van der Waals surface area contributed by atoms with Crippen molar-refractivity contribution in [3.63, 3.8) is 0 Å². The number of aromatic hydroxyl groups is 2. The summed E-state index contributed by atoms with van der Waals surface area (Å²) in [6, 6.07) is 5.11. The number of aliphatic hydroxyl groups excluding tert-OH is 1. The smallest absolute Gasteiger partial charge is 0.316 e. The van der Waals surface area contributed by atoms with Gasteiger partial charge in [-0.2, -0.15) is 0 Å². The minimum Gasteiger partial charge on any atom is -0.507 e. The third-order valence-corrected chi connectivity index (χ3v) is 12.8. The number of hydrogen-bond donors (Lipinski definition) is 4. The molecule has 0 aromatic heterocycles. The third kappa shape index (κ3) is 7.72. The highest BCUT2D eigenvalue weighted by Gasteiger charge is 2.55. The van der Waals surface area contributed by atoms with Crippen molar-refractivity contribution in [2.24, 2.45) is 5.92 Å². The number of carbonyl (C=O) groups excluding carboxylic acids is 4. The summed E-state index contributed by atoms with van der Waals surface area (Å²) in [5, 5.41) is 46.2. The summed E-state index contributed by atoms with van der Waals surface area (Å²) in [4.78, 5) is 55.3. The number of likely N-dealkylation sites (N-methyl/N-ethyl adjacent to an activating group) is 1. The van der Waals surface area contributed by atoms with Crippen LogP contribution in [0.1, 0.15) is 122 Å². The molecule has 5 aliphatic rings. The number of carbonyl (C=O) groups is 4. The van der Waals surface area contributed by atoms with Gasteiger partial charge in [-0.05, 0) is 58.5 Å². The van der Waals surface area contributed by atoms with Crippen molar-refractivity contribution in [2.75, 3.05) is 21.2 Å². The standard InChI is InChI=1S/C43H55NO15/c1-18(2)43(52)17-29(34-23(36(43)42(51)53-8)14-24-35(39(34)50)38(49)33-22(37(24)48)10-9-11-27(33)46)57-31-15-25(44(6)7)40(20(4)55-31)59-32-16-28(47)41(21(5)56-32)58-30-13-12-26(45)19(3)54-30/h9-11,14,18-21,25,28-32,36,40-41,46-47,50,52H,12-13,15-17H2,1-8H3/t19-,20+,21+,25-,28-,29+,30-,31+,32+,36+,40+,41+,43+/m1/s1. The minimum absolute atomic E-state index is 0.00536. The fourth-order valence-electron chi connectivity index (χ4n) is 9.43. The molecule has 3 saturated heterocycles. The predicted molar refractivity (Wildman–Crippen MR) is 206 cm³/mol. The minimum atomic E-state index is -1.80. The van der Waals surface area contributed by atoms with E-state index in [-0.39, 0.29) is 64.5 Å². The van der Waals surface area contributed by atoms with Crippen LogP contribution in [0.4, 0.5) is 0 Å². The number of hydrogen-bond acceptors (Lipinski definition) is 16. The Hall–Kier alpha value is -3.84. The quantitative estimate of drug-likeness (QED) is 0.227. The third-order valence-electron chi connectivity index (χ3n) is 12.8. The molecule has 0 unspecified atom stereocenters. The molecule has 13 atom stereocenters. The lowest BCUT2D eigenvalue weighted by Gasteiger charge is -2.49. The topological polar surface area (TPSA) is 217 Å². The van der Waals surface area contributed by atoms with E-state index in [1.807, 2.05) is 25.9 Å². The molecular weight excluding hydrogens is 770 g/mol. The molecule has 2 aromatic rings. The van der Waals surface area contributed by atoms with Gasteiger partial charge >= 0.3 is 5.97 Å². The second-order valence-corrected chi connectivity index (χ2v) is 17.0. The number of phenols is 2. The molecule has 3 heterocycles. The zero-order chi connectivity index (χ0) is 42.8. The van der Waals surface area contributed by atoms with Gasteiger partial charge in [0.05, 0.1) is 48.3 Å². The first-order valence-corrected chi connectivity index (χ1v) is 20.3. The second-order valence-electron chi connectivity index (χ2n) is 17.0. The summed E-state index contributed by atoms with van der Waals surface area (Å²) in [5.41, 5.74) is -2.55. The lowest BCUT2D eigenvalue weighted by molar-refractivity contribution is -0.324.